The number of carbonyl (C=O) groups is 1. The Bertz CT molecular complexity index is 672. The summed E-state index contributed by atoms with van der Waals surface area (Å²) in [6, 6.07) is 18.1. The molecule has 0 bridgehead atoms. The van der Waals surface area contributed by atoms with Crippen LogP contribution in [0, 0.1) is 0 Å². The lowest BCUT2D eigenvalue weighted by Crippen LogP contribution is -2.39. The zero-order chi connectivity index (χ0) is 18.8. The van der Waals surface area contributed by atoms with Gasteiger partial charge in [-0.3, -0.25) is 4.79 Å². The third-order valence-electron chi connectivity index (χ3n) is 4.42. The minimum atomic E-state index is 0.0561. The number of ether oxygens (including phenoxy) is 2. The van der Waals surface area contributed by atoms with Gasteiger partial charge in [-0.25, -0.2) is 0 Å². The lowest BCUT2D eigenvalue weighted by atomic mass is 10.0. The minimum Gasteiger partial charge on any atom is -0.496 e. The molecule has 0 heterocycles. The largest absolute Gasteiger partial charge is 0.496 e. The average Bonchev–Trinajstić information content (AvgIpc) is 2.67. The molecule has 0 aliphatic rings. The van der Waals surface area contributed by atoms with Crippen molar-refractivity contribution >= 4 is 5.91 Å². The van der Waals surface area contributed by atoms with E-state index in [1.165, 1.54) is 0 Å². The van der Waals surface area contributed by atoms with Crippen LogP contribution in [0.4, 0.5) is 0 Å². The van der Waals surface area contributed by atoms with E-state index in [0.717, 1.165) is 23.3 Å². The zero-order valence-corrected chi connectivity index (χ0v) is 16.0. The number of amides is 1. The molecule has 0 aliphatic heterocycles. The van der Waals surface area contributed by atoms with Crippen LogP contribution >= 0.6 is 0 Å². The molecule has 2 aromatic carbocycles. The molecule has 26 heavy (non-hydrogen) atoms. The maximum atomic E-state index is 12.8. The normalized spacial score (nSPS) is 11.8. The maximum absolute atomic E-state index is 12.8. The van der Waals surface area contributed by atoms with Crippen molar-refractivity contribution in [2.24, 2.45) is 0 Å². The van der Waals surface area contributed by atoms with Gasteiger partial charge in [-0.05, 0) is 37.5 Å². The lowest BCUT2D eigenvalue weighted by molar-refractivity contribution is -0.135. The van der Waals surface area contributed by atoms with E-state index < -0.39 is 0 Å². The minimum absolute atomic E-state index is 0.0561. The van der Waals surface area contributed by atoms with Crippen LogP contribution in [0.1, 0.15) is 31.4 Å². The summed E-state index contributed by atoms with van der Waals surface area (Å²) in [5.41, 5.74) is 2.24. The molecule has 0 N–H and O–H groups in total. The highest BCUT2D eigenvalue weighted by Gasteiger charge is 2.21. The van der Waals surface area contributed by atoms with Gasteiger partial charge in [0, 0.05) is 19.2 Å². The average molecular weight is 355 g/mol. The van der Waals surface area contributed by atoms with Crippen molar-refractivity contribution in [3.05, 3.63) is 65.7 Å². The third kappa shape index (κ3) is 5.88. The Hall–Kier alpha value is -2.33. The molecule has 1 atom stereocenters. The Labute approximate surface area is 156 Å². The molecule has 140 valence electrons. The summed E-state index contributed by atoms with van der Waals surface area (Å²) in [7, 11) is 1.68. The molecule has 0 saturated heterocycles. The summed E-state index contributed by atoms with van der Waals surface area (Å²) in [4.78, 5) is 14.8. The fourth-order valence-electron chi connectivity index (χ4n) is 3.02. The van der Waals surface area contributed by atoms with Crippen LogP contribution in [-0.4, -0.2) is 37.2 Å². The van der Waals surface area contributed by atoms with Gasteiger partial charge in [-0.1, -0.05) is 48.5 Å². The maximum Gasteiger partial charge on any atom is 0.225 e. The first-order valence-electron chi connectivity index (χ1n) is 9.18. The highest BCUT2D eigenvalue weighted by molar-refractivity contribution is 5.76. The number of hydrogen-bond donors (Lipinski definition) is 0. The number of benzene rings is 2. The summed E-state index contributed by atoms with van der Waals surface area (Å²) in [6.07, 6.45) is 1.15. The van der Waals surface area contributed by atoms with Crippen LogP contribution in [0.2, 0.25) is 0 Å². The molecule has 1 amide bonds. The summed E-state index contributed by atoms with van der Waals surface area (Å²) < 4.78 is 10.8. The van der Waals surface area contributed by atoms with Crippen LogP contribution < -0.4 is 4.74 Å². The molecule has 0 spiro atoms. The van der Waals surface area contributed by atoms with E-state index in [-0.39, 0.29) is 11.9 Å². The molecule has 0 aliphatic carbocycles. The fourth-order valence-corrected chi connectivity index (χ4v) is 3.02. The van der Waals surface area contributed by atoms with Gasteiger partial charge in [0.1, 0.15) is 5.75 Å². The van der Waals surface area contributed by atoms with Crippen LogP contribution in [0.3, 0.4) is 0 Å². The first kappa shape index (κ1) is 20.0. The number of rotatable bonds is 10. The zero-order valence-electron chi connectivity index (χ0n) is 16.0. The van der Waals surface area contributed by atoms with Gasteiger partial charge in [0.05, 0.1) is 20.1 Å². The molecule has 2 aromatic rings. The van der Waals surface area contributed by atoms with Gasteiger partial charge >= 0.3 is 0 Å². The molecule has 0 radical (unpaired) electrons. The van der Waals surface area contributed by atoms with E-state index in [4.69, 9.17) is 9.47 Å². The van der Waals surface area contributed by atoms with Gasteiger partial charge in [-0.15, -0.1) is 0 Å². The second-order valence-electron chi connectivity index (χ2n) is 6.32. The fraction of sp³-hybridized carbons (Fsp3) is 0.409. The highest BCUT2D eigenvalue weighted by atomic mass is 16.5. The number of para-hydroxylation sites is 1. The van der Waals surface area contributed by atoms with Crippen LogP contribution in [0.25, 0.3) is 0 Å². The first-order chi connectivity index (χ1) is 12.7. The van der Waals surface area contributed by atoms with Crippen molar-refractivity contribution < 1.29 is 14.3 Å². The predicted octanol–water partition coefficient (Wildman–Crippen LogP) is 4.08. The highest BCUT2D eigenvalue weighted by Crippen LogP contribution is 2.22. The van der Waals surface area contributed by atoms with Crippen LogP contribution in [0.5, 0.6) is 5.75 Å². The summed E-state index contributed by atoms with van der Waals surface area (Å²) in [6.45, 7) is 5.72. The van der Waals surface area contributed by atoms with E-state index >= 15 is 0 Å². The molecule has 1 unspecified atom stereocenters. The van der Waals surface area contributed by atoms with Crippen molar-refractivity contribution in [3.8, 4) is 5.75 Å². The molecule has 0 saturated carbocycles. The van der Waals surface area contributed by atoms with E-state index in [1.807, 2.05) is 48.2 Å². The van der Waals surface area contributed by atoms with E-state index in [2.05, 4.69) is 25.1 Å². The van der Waals surface area contributed by atoms with E-state index in [0.29, 0.717) is 26.2 Å². The van der Waals surface area contributed by atoms with Crippen LogP contribution in [0.15, 0.2) is 54.6 Å². The number of hydrogen-bond acceptors (Lipinski definition) is 3. The second-order valence-corrected chi connectivity index (χ2v) is 6.32. The van der Waals surface area contributed by atoms with Crippen molar-refractivity contribution in [1.29, 1.82) is 0 Å². The number of nitrogens with zero attached hydrogens (tertiary/aromatic N) is 1. The smallest absolute Gasteiger partial charge is 0.225 e. The third-order valence-corrected chi connectivity index (χ3v) is 4.42. The number of carbonyl (C=O) groups excluding carboxylic acids is 1. The number of methoxy groups -OCH3 is 1. The summed E-state index contributed by atoms with van der Waals surface area (Å²) in [5.74, 6) is 0.977. The van der Waals surface area contributed by atoms with Gasteiger partial charge in [-0.2, -0.15) is 0 Å². The quantitative estimate of drug-likeness (QED) is 0.603. The Morgan fingerprint density at radius 3 is 2.46 bits per heavy atom. The lowest BCUT2D eigenvalue weighted by Gasteiger charge is -2.30. The Kier molecular flexibility index (Phi) is 8.16. The SMILES string of the molecule is CCOCCC(=O)N(Cc1ccccc1)C(C)Cc1ccccc1OC. The molecular weight excluding hydrogens is 326 g/mol. The Morgan fingerprint density at radius 2 is 1.77 bits per heavy atom. The molecule has 2 rings (SSSR count). The first-order valence-corrected chi connectivity index (χ1v) is 9.18. The Balaban J connectivity index is 2.14. The van der Waals surface area contributed by atoms with Gasteiger partial charge in [0.25, 0.3) is 0 Å². The summed E-state index contributed by atoms with van der Waals surface area (Å²) >= 11 is 0. The molecule has 0 fully saturated rings. The van der Waals surface area contributed by atoms with Gasteiger partial charge < -0.3 is 14.4 Å². The monoisotopic (exact) mass is 355 g/mol. The molecule has 4 nitrogen and oxygen atoms in total. The Morgan fingerprint density at radius 1 is 1.08 bits per heavy atom. The standard InChI is InChI=1S/C22H29NO3/c1-4-26-15-14-22(24)23(17-19-10-6-5-7-11-19)18(2)16-20-12-8-9-13-21(20)25-3/h5-13,18H,4,14-17H2,1-3H3. The molecular formula is C22H29NO3. The van der Waals surface area contributed by atoms with Crippen LogP contribution in [-0.2, 0) is 22.5 Å². The summed E-state index contributed by atoms with van der Waals surface area (Å²) in [5, 5.41) is 0. The molecule has 4 heteroatoms. The van der Waals surface area contributed by atoms with Crippen molar-refractivity contribution in [2.45, 2.75) is 39.3 Å². The predicted molar refractivity (Wildman–Crippen MR) is 104 cm³/mol. The van der Waals surface area contributed by atoms with Crippen molar-refractivity contribution in [3.63, 3.8) is 0 Å². The van der Waals surface area contributed by atoms with E-state index in [9.17, 15) is 4.79 Å². The second kappa shape index (κ2) is 10.6. The van der Waals surface area contributed by atoms with Gasteiger partial charge in [0.15, 0.2) is 0 Å². The van der Waals surface area contributed by atoms with Gasteiger partial charge in [0.2, 0.25) is 5.91 Å². The van der Waals surface area contributed by atoms with E-state index in [1.54, 1.807) is 7.11 Å². The van der Waals surface area contributed by atoms with Crippen molar-refractivity contribution in [2.75, 3.05) is 20.3 Å². The van der Waals surface area contributed by atoms with Crippen molar-refractivity contribution in [1.82, 2.24) is 4.90 Å². The topological polar surface area (TPSA) is 38.8 Å². The molecule has 0 aromatic heterocycles.